The Hall–Kier alpha value is -1.88. The molecule has 0 N–H and O–H groups in total. The molecule has 0 atom stereocenters. The Morgan fingerprint density at radius 3 is 2.43 bits per heavy atom. The van der Waals surface area contributed by atoms with Gasteiger partial charge in [0.05, 0.1) is 12.8 Å². The highest BCUT2D eigenvalue weighted by Gasteiger charge is 2.35. The van der Waals surface area contributed by atoms with E-state index in [0.29, 0.717) is 12.0 Å². The van der Waals surface area contributed by atoms with Gasteiger partial charge in [0.1, 0.15) is 17.4 Å². The maximum absolute atomic E-state index is 5.21. The topological polar surface area (TPSA) is 43.2 Å². The summed E-state index contributed by atoms with van der Waals surface area (Å²) in [4.78, 5) is 6.94. The van der Waals surface area contributed by atoms with Crippen LogP contribution in [0, 0.1) is 6.92 Å². The van der Waals surface area contributed by atoms with Gasteiger partial charge in [0.15, 0.2) is 0 Å². The lowest BCUT2D eigenvalue weighted by Crippen LogP contribution is -2.40. The van der Waals surface area contributed by atoms with Gasteiger partial charge >= 0.3 is 0 Å². The van der Waals surface area contributed by atoms with E-state index in [4.69, 9.17) is 4.74 Å². The molecule has 21 heavy (non-hydrogen) atoms. The quantitative estimate of drug-likeness (QED) is 0.865. The fraction of sp³-hybridized carbons (Fsp3) is 0.500. The van der Waals surface area contributed by atoms with Gasteiger partial charge in [0.2, 0.25) is 0 Å². The minimum Gasteiger partial charge on any atom is -0.497 e. The van der Waals surface area contributed by atoms with Crippen LogP contribution in [-0.2, 0) is 0 Å². The van der Waals surface area contributed by atoms with Crippen LogP contribution in [0.25, 0.3) is 5.69 Å². The normalized spacial score (nSPS) is 21.4. The third kappa shape index (κ3) is 2.65. The third-order valence-electron chi connectivity index (χ3n) is 4.26. The van der Waals surface area contributed by atoms with Crippen molar-refractivity contribution in [2.45, 2.75) is 31.7 Å². The van der Waals surface area contributed by atoms with Gasteiger partial charge in [-0.15, -0.1) is 0 Å². The average Bonchev–Trinajstić information content (AvgIpc) is 2.78. The van der Waals surface area contributed by atoms with Crippen LogP contribution in [0.3, 0.4) is 0 Å². The van der Waals surface area contributed by atoms with Gasteiger partial charge in [-0.2, -0.15) is 5.10 Å². The van der Waals surface area contributed by atoms with Crippen molar-refractivity contribution in [2.24, 2.45) is 0 Å². The fourth-order valence-corrected chi connectivity index (χ4v) is 2.83. The standard InChI is InChI=1S/C16H22N4O/c1-11-17-16(12-9-14(10-12)19(2)3)20(18-11)13-5-7-15(21-4)8-6-13/h5-8,12,14H,9-10H2,1-4H3. The van der Waals surface area contributed by atoms with E-state index < -0.39 is 0 Å². The lowest BCUT2D eigenvalue weighted by Gasteiger charge is -2.39. The van der Waals surface area contributed by atoms with E-state index in [1.165, 1.54) is 0 Å². The Bertz CT molecular complexity index is 612. The molecular weight excluding hydrogens is 264 g/mol. The summed E-state index contributed by atoms with van der Waals surface area (Å²) in [5, 5.41) is 4.56. The van der Waals surface area contributed by atoms with Crippen LogP contribution >= 0.6 is 0 Å². The van der Waals surface area contributed by atoms with Crippen molar-refractivity contribution in [1.29, 1.82) is 0 Å². The molecule has 0 unspecified atom stereocenters. The number of aromatic nitrogens is 3. The number of benzene rings is 1. The number of nitrogens with zero attached hydrogens (tertiary/aromatic N) is 4. The molecule has 0 saturated heterocycles. The van der Waals surface area contributed by atoms with E-state index in [0.717, 1.165) is 35.9 Å². The van der Waals surface area contributed by atoms with Gasteiger partial charge < -0.3 is 9.64 Å². The lowest BCUT2D eigenvalue weighted by molar-refractivity contribution is 0.160. The highest BCUT2D eigenvalue weighted by molar-refractivity contribution is 5.38. The van der Waals surface area contributed by atoms with Crippen molar-refractivity contribution < 1.29 is 4.74 Å². The summed E-state index contributed by atoms with van der Waals surface area (Å²) >= 11 is 0. The lowest BCUT2D eigenvalue weighted by atomic mass is 9.79. The van der Waals surface area contributed by atoms with Crippen LogP contribution in [0.1, 0.15) is 30.4 Å². The van der Waals surface area contributed by atoms with Crippen LogP contribution in [0.15, 0.2) is 24.3 Å². The molecule has 1 aromatic carbocycles. The number of ether oxygens (including phenoxy) is 1. The van der Waals surface area contributed by atoms with E-state index in [1.54, 1.807) is 7.11 Å². The zero-order valence-corrected chi connectivity index (χ0v) is 13.1. The molecule has 0 amide bonds. The molecule has 0 radical (unpaired) electrons. The van der Waals surface area contributed by atoms with Crippen molar-refractivity contribution in [2.75, 3.05) is 21.2 Å². The van der Waals surface area contributed by atoms with Crippen molar-refractivity contribution in [3.63, 3.8) is 0 Å². The Morgan fingerprint density at radius 2 is 1.86 bits per heavy atom. The van der Waals surface area contributed by atoms with Gasteiger partial charge in [-0.05, 0) is 58.1 Å². The predicted molar refractivity (Wildman–Crippen MR) is 82.1 cm³/mol. The number of aryl methyl sites for hydroxylation is 1. The predicted octanol–water partition coefficient (Wildman–Crippen LogP) is 2.39. The molecule has 3 rings (SSSR count). The smallest absolute Gasteiger partial charge is 0.148 e. The number of methoxy groups -OCH3 is 1. The minimum absolute atomic E-state index is 0.501. The fourth-order valence-electron chi connectivity index (χ4n) is 2.83. The molecule has 1 heterocycles. The highest BCUT2D eigenvalue weighted by atomic mass is 16.5. The molecule has 0 aliphatic heterocycles. The summed E-state index contributed by atoms with van der Waals surface area (Å²) in [5.74, 6) is 3.26. The summed E-state index contributed by atoms with van der Waals surface area (Å²) in [6.07, 6.45) is 2.31. The Morgan fingerprint density at radius 1 is 1.19 bits per heavy atom. The number of rotatable bonds is 4. The molecule has 1 aromatic heterocycles. The van der Waals surface area contributed by atoms with Gasteiger partial charge in [-0.3, -0.25) is 0 Å². The third-order valence-corrected chi connectivity index (χ3v) is 4.26. The molecule has 112 valence electrons. The molecule has 5 heteroatoms. The second-order valence-corrected chi connectivity index (χ2v) is 5.91. The van der Waals surface area contributed by atoms with Crippen molar-refractivity contribution in [3.05, 3.63) is 35.9 Å². The van der Waals surface area contributed by atoms with Gasteiger partial charge in [0, 0.05) is 12.0 Å². The largest absolute Gasteiger partial charge is 0.497 e. The highest BCUT2D eigenvalue weighted by Crippen LogP contribution is 2.38. The first kappa shape index (κ1) is 14.1. The molecule has 2 aromatic rings. The van der Waals surface area contributed by atoms with Crippen molar-refractivity contribution >= 4 is 0 Å². The zero-order chi connectivity index (χ0) is 15.0. The molecule has 1 saturated carbocycles. The summed E-state index contributed by atoms with van der Waals surface area (Å²) in [7, 11) is 5.95. The van der Waals surface area contributed by atoms with Gasteiger partial charge in [-0.25, -0.2) is 9.67 Å². The summed E-state index contributed by atoms with van der Waals surface area (Å²) in [6, 6.07) is 8.63. The SMILES string of the molecule is COc1ccc(-n2nc(C)nc2C2CC(N(C)C)C2)cc1. The van der Waals surface area contributed by atoms with Crippen molar-refractivity contribution in [3.8, 4) is 11.4 Å². The number of hydrogen-bond donors (Lipinski definition) is 0. The molecule has 5 nitrogen and oxygen atoms in total. The molecule has 1 aliphatic rings. The second-order valence-electron chi connectivity index (χ2n) is 5.91. The molecule has 0 bridgehead atoms. The van der Waals surface area contributed by atoms with E-state index in [9.17, 15) is 0 Å². The first-order valence-corrected chi connectivity index (χ1v) is 7.33. The van der Waals surface area contributed by atoms with Crippen LogP contribution in [0.4, 0.5) is 0 Å². The maximum atomic E-state index is 5.21. The second kappa shape index (κ2) is 5.48. The van der Waals surface area contributed by atoms with E-state index in [-0.39, 0.29) is 0 Å². The minimum atomic E-state index is 0.501. The van der Waals surface area contributed by atoms with Gasteiger partial charge in [0.25, 0.3) is 0 Å². The van der Waals surface area contributed by atoms with E-state index in [1.807, 2.05) is 35.9 Å². The van der Waals surface area contributed by atoms with E-state index in [2.05, 4.69) is 29.1 Å². The first-order chi connectivity index (χ1) is 10.1. The van der Waals surface area contributed by atoms with Crippen LogP contribution < -0.4 is 4.74 Å². The molecule has 0 spiro atoms. The number of hydrogen-bond acceptors (Lipinski definition) is 4. The summed E-state index contributed by atoms with van der Waals surface area (Å²) in [5.41, 5.74) is 1.04. The Kier molecular flexibility index (Phi) is 3.68. The average molecular weight is 286 g/mol. The Balaban J connectivity index is 1.86. The Labute approximate surface area is 125 Å². The van der Waals surface area contributed by atoms with Crippen LogP contribution in [-0.4, -0.2) is 46.9 Å². The van der Waals surface area contributed by atoms with Crippen LogP contribution in [0.2, 0.25) is 0 Å². The first-order valence-electron chi connectivity index (χ1n) is 7.33. The molecule has 1 fully saturated rings. The summed E-state index contributed by atoms with van der Waals surface area (Å²) in [6.45, 7) is 1.95. The van der Waals surface area contributed by atoms with Gasteiger partial charge in [-0.1, -0.05) is 0 Å². The zero-order valence-electron chi connectivity index (χ0n) is 13.1. The maximum Gasteiger partial charge on any atom is 0.148 e. The van der Waals surface area contributed by atoms with Crippen molar-refractivity contribution in [1.82, 2.24) is 19.7 Å². The summed E-state index contributed by atoms with van der Waals surface area (Å²) < 4.78 is 7.19. The van der Waals surface area contributed by atoms with E-state index >= 15 is 0 Å². The monoisotopic (exact) mass is 286 g/mol. The van der Waals surface area contributed by atoms with Crippen LogP contribution in [0.5, 0.6) is 5.75 Å². The molecule has 1 aliphatic carbocycles. The molecular formula is C16H22N4O.